The van der Waals surface area contributed by atoms with Crippen LogP contribution in [-0.2, 0) is 5.41 Å². The van der Waals surface area contributed by atoms with Gasteiger partial charge in [0.2, 0.25) is 0 Å². The maximum atomic E-state index is 2.48. The lowest BCUT2D eigenvalue weighted by Gasteiger charge is -2.31. The topological polar surface area (TPSA) is 3.24 Å². The van der Waals surface area contributed by atoms with Gasteiger partial charge in [-0.1, -0.05) is 194 Å². The van der Waals surface area contributed by atoms with Crippen molar-refractivity contribution >= 4 is 39.6 Å². The molecule has 0 N–H and O–H groups in total. The van der Waals surface area contributed by atoms with Crippen LogP contribution in [0.3, 0.4) is 0 Å². The van der Waals surface area contributed by atoms with Crippen LogP contribution in [-0.4, -0.2) is 0 Å². The number of hydrogen-bond acceptors (Lipinski definition) is 2. The molecule has 0 radical (unpaired) electrons. The molecule has 2 heteroatoms. The summed E-state index contributed by atoms with van der Waals surface area (Å²) in [5, 5.41) is 2.64. The van der Waals surface area contributed by atoms with Crippen LogP contribution >= 0.6 is 11.8 Å². The summed E-state index contributed by atoms with van der Waals surface area (Å²) in [4.78, 5) is 5.10. The molecule has 62 heavy (non-hydrogen) atoms. The van der Waals surface area contributed by atoms with Crippen molar-refractivity contribution in [3.05, 3.63) is 247 Å². The smallest absolute Gasteiger partial charge is 0.0543 e. The maximum absolute atomic E-state index is 2.48. The van der Waals surface area contributed by atoms with E-state index in [1.54, 1.807) is 0 Å². The minimum atomic E-state index is -0.310. The molecule has 1 heterocycles. The monoisotopic (exact) mass is 807 g/mol. The predicted octanol–water partition coefficient (Wildman–Crippen LogP) is 16.8. The Balaban J connectivity index is 1.01. The molecule has 10 aromatic carbocycles. The van der Waals surface area contributed by atoms with Crippen LogP contribution in [0.25, 0.3) is 66.4 Å². The van der Waals surface area contributed by atoms with Gasteiger partial charge in [0, 0.05) is 37.5 Å². The Bertz CT molecular complexity index is 3310. The van der Waals surface area contributed by atoms with Crippen molar-refractivity contribution in [2.75, 3.05) is 4.90 Å². The zero-order valence-corrected chi connectivity index (χ0v) is 35.1. The largest absolute Gasteiger partial charge is 0.310 e. The number of nitrogens with zero attached hydrogens (tertiary/aromatic N) is 1. The van der Waals surface area contributed by atoms with Gasteiger partial charge in [-0.05, 0) is 128 Å². The molecule has 1 atom stereocenters. The third-order valence-corrected chi connectivity index (χ3v) is 14.3. The maximum Gasteiger partial charge on any atom is 0.0543 e. The van der Waals surface area contributed by atoms with Crippen LogP contribution < -0.4 is 4.90 Å². The number of fused-ring (bicyclic) bond motifs is 5. The fraction of sp³-hybridized carbons (Fsp3) is 0.0333. The molecule has 0 amide bonds. The van der Waals surface area contributed by atoms with Gasteiger partial charge in [-0.2, -0.15) is 0 Å². The minimum absolute atomic E-state index is 0.310. The molecular formula is C60H41NS. The summed E-state index contributed by atoms with van der Waals surface area (Å²) in [6, 6.07) is 85.0. The van der Waals surface area contributed by atoms with Gasteiger partial charge in [0.05, 0.1) is 5.69 Å². The van der Waals surface area contributed by atoms with Crippen molar-refractivity contribution < 1.29 is 0 Å². The molecular weight excluding hydrogens is 767 g/mol. The van der Waals surface area contributed by atoms with Crippen LogP contribution in [0.1, 0.15) is 23.6 Å². The molecule has 0 saturated carbocycles. The van der Waals surface area contributed by atoms with E-state index in [0.717, 1.165) is 17.1 Å². The molecule has 1 nitrogen and oxygen atoms in total. The van der Waals surface area contributed by atoms with Gasteiger partial charge in [-0.3, -0.25) is 0 Å². The van der Waals surface area contributed by atoms with Crippen molar-refractivity contribution in [3.63, 3.8) is 0 Å². The average molecular weight is 808 g/mol. The molecule has 1 aliphatic heterocycles. The van der Waals surface area contributed by atoms with E-state index < -0.39 is 0 Å². The van der Waals surface area contributed by atoms with E-state index in [0.29, 0.717) is 0 Å². The first kappa shape index (κ1) is 36.5. The molecule has 0 bridgehead atoms. The molecule has 10 aromatic rings. The Hall–Kier alpha value is -7.39. The summed E-state index contributed by atoms with van der Waals surface area (Å²) >= 11 is 1.88. The van der Waals surface area contributed by atoms with E-state index in [2.05, 4.69) is 242 Å². The van der Waals surface area contributed by atoms with Crippen molar-refractivity contribution in [2.45, 2.75) is 22.1 Å². The van der Waals surface area contributed by atoms with Crippen LogP contribution in [0.2, 0.25) is 0 Å². The number of benzene rings is 10. The summed E-state index contributed by atoms with van der Waals surface area (Å²) in [6.07, 6.45) is 0. The highest BCUT2D eigenvalue weighted by Gasteiger charge is 2.42. The number of rotatable bonds is 7. The molecule has 0 fully saturated rings. The van der Waals surface area contributed by atoms with E-state index in [-0.39, 0.29) is 5.41 Å². The van der Waals surface area contributed by atoms with Gasteiger partial charge in [0.15, 0.2) is 0 Å². The van der Waals surface area contributed by atoms with Gasteiger partial charge in [0.1, 0.15) is 0 Å². The zero-order chi connectivity index (χ0) is 41.2. The SMILES string of the molecule is CC1(c2ccccc2)c2ccccc2-c2c(N(c3ccc(-c4ccc(-c5ccccc5)cc4)cc3)c3cccc(-c4ccc5c(c4)-c4cccc6cccc(c46)S5)c3)cccc21. The molecule has 0 spiro atoms. The quantitative estimate of drug-likeness (QED) is 0.158. The third kappa shape index (κ3) is 5.86. The van der Waals surface area contributed by atoms with Crippen molar-refractivity contribution in [1.29, 1.82) is 0 Å². The van der Waals surface area contributed by atoms with Crippen LogP contribution in [0.15, 0.2) is 240 Å². The van der Waals surface area contributed by atoms with E-state index >= 15 is 0 Å². The molecule has 1 aliphatic carbocycles. The van der Waals surface area contributed by atoms with Crippen molar-refractivity contribution in [3.8, 4) is 55.6 Å². The Morgan fingerprint density at radius 2 is 0.935 bits per heavy atom. The average Bonchev–Trinajstić information content (AvgIpc) is 3.61. The highest BCUT2D eigenvalue weighted by Crippen LogP contribution is 2.57. The van der Waals surface area contributed by atoms with Crippen molar-refractivity contribution in [1.82, 2.24) is 0 Å². The van der Waals surface area contributed by atoms with Crippen LogP contribution in [0, 0.1) is 0 Å². The summed E-state index contributed by atoms with van der Waals surface area (Å²) in [7, 11) is 0. The Morgan fingerprint density at radius 1 is 0.371 bits per heavy atom. The first-order chi connectivity index (χ1) is 30.6. The molecule has 12 rings (SSSR count). The molecule has 2 aliphatic rings. The van der Waals surface area contributed by atoms with Gasteiger partial charge >= 0.3 is 0 Å². The zero-order valence-electron chi connectivity index (χ0n) is 34.3. The number of hydrogen-bond donors (Lipinski definition) is 0. The lowest BCUT2D eigenvalue weighted by atomic mass is 9.74. The molecule has 0 aromatic heterocycles. The minimum Gasteiger partial charge on any atom is -0.310 e. The third-order valence-electron chi connectivity index (χ3n) is 13.2. The van der Waals surface area contributed by atoms with Gasteiger partial charge in [0.25, 0.3) is 0 Å². The van der Waals surface area contributed by atoms with Crippen molar-refractivity contribution in [2.24, 2.45) is 0 Å². The van der Waals surface area contributed by atoms with Crippen LogP contribution in [0.5, 0.6) is 0 Å². The lowest BCUT2D eigenvalue weighted by Crippen LogP contribution is -2.22. The highest BCUT2D eigenvalue weighted by atomic mass is 32.2. The van der Waals surface area contributed by atoms with Gasteiger partial charge in [-0.15, -0.1) is 0 Å². The van der Waals surface area contributed by atoms with Gasteiger partial charge in [-0.25, -0.2) is 0 Å². The molecule has 0 saturated heterocycles. The lowest BCUT2D eigenvalue weighted by molar-refractivity contribution is 0.714. The Kier molecular flexibility index (Phi) is 8.62. The van der Waals surface area contributed by atoms with E-state index in [1.807, 2.05) is 11.8 Å². The molecule has 1 unspecified atom stereocenters. The Morgan fingerprint density at radius 3 is 1.71 bits per heavy atom. The fourth-order valence-electron chi connectivity index (χ4n) is 10.1. The summed E-state index contributed by atoms with van der Waals surface area (Å²) in [6.45, 7) is 2.40. The standard InChI is InChI=1S/C60H41NS/c1-60(47-19-6-3-7-20-47)53-24-9-8-22-51(53)59-54(60)25-13-26-55(59)61(48-35-32-43(33-36-48)42-30-28-41(29-31-42)40-14-4-2-5-15-40)49-21-10-18-45(38-49)46-34-37-56-52(39-46)50-23-11-16-44-17-12-27-57(62-56)58(44)50/h2-39H,1H3. The number of anilines is 3. The summed E-state index contributed by atoms with van der Waals surface area (Å²) in [5.41, 5.74) is 19.4. The Labute approximate surface area is 367 Å². The predicted molar refractivity (Wildman–Crippen MR) is 262 cm³/mol. The second-order valence-electron chi connectivity index (χ2n) is 16.6. The normalized spacial score (nSPS) is 14.5. The summed E-state index contributed by atoms with van der Waals surface area (Å²) < 4.78 is 0. The second-order valence-corrected chi connectivity index (χ2v) is 17.7. The van der Waals surface area contributed by atoms with E-state index in [9.17, 15) is 0 Å². The van der Waals surface area contributed by atoms with E-state index in [4.69, 9.17) is 0 Å². The van der Waals surface area contributed by atoms with E-state index in [1.165, 1.54) is 92.9 Å². The first-order valence-electron chi connectivity index (χ1n) is 21.4. The highest BCUT2D eigenvalue weighted by molar-refractivity contribution is 7.99. The fourth-order valence-corrected chi connectivity index (χ4v) is 11.2. The van der Waals surface area contributed by atoms with Gasteiger partial charge < -0.3 is 4.90 Å². The molecule has 292 valence electrons. The second kappa shape index (κ2) is 14.7. The van der Waals surface area contributed by atoms with Crippen LogP contribution in [0.4, 0.5) is 17.1 Å². The summed E-state index contributed by atoms with van der Waals surface area (Å²) in [5.74, 6) is 0. The first-order valence-corrected chi connectivity index (χ1v) is 22.2.